The highest BCUT2D eigenvalue weighted by atomic mass is 19.1. The predicted octanol–water partition coefficient (Wildman–Crippen LogP) is 3.07. The summed E-state index contributed by atoms with van der Waals surface area (Å²) in [7, 11) is 1.62. The summed E-state index contributed by atoms with van der Waals surface area (Å²) in [4.78, 5) is 13.0. The molecule has 0 unspecified atom stereocenters. The number of carbonyl (C=O) groups is 1. The van der Waals surface area contributed by atoms with Gasteiger partial charge >= 0.3 is 5.97 Å². The first kappa shape index (κ1) is 21.5. The number of aryl methyl sites for hydroxylation is 1. The van der Waals surface area contributed by atoms with E-state index in [0.29, 0.717) is 22.3 Å². The molecule has 1 aliphatic heterocycles. The first-order valence-corrected chi connectivity index (χ1v) is 9.95. The van der Waals surface area contributed by atoms with E-state index in [1.165, 1.54) is 29.1 Å². The van der Waals surface area contributed by atoms with E-state index in [-0.39, 0.29) is 18.7 Å². The fraction of sp³-hybridized carbons (Fsp3) is 0.217. The molecule has 2 heterocycles. The van der Waals surface area contributed by atoms with Gasteiger partial charge in [-0.1, -0.05) is 30.3 Å². The van der Waals surface area contributed by atoms with Gasteiger partial charge in [0.05, 0.1) is 19.6 Å². The number of hydrogen-bond donors (Lipinski definition) is 1. The van der Waals surface area contributed by atoms with E-state index >= 15 is 0 Å². The maximum atomic E-state index is 13.6. The Morgan fingerprint density at radius 1 is 1.09 bits per heavy atom. The topological polar surface area (TPSA) is 90.1 Å². The molecular formula is C23H20F2N4O3. The quantitative estimate of drug-likeness (QED) is 0.487. The van der Waals surface area contributed by atoms with Crippen molar-refractivity contribution >= 4 is 17.1 Å². The van der Waals surface area contributed by atoms with Crippen molar-refractivity contribution in [2.75, 3.05) is 0 Å². The number of rotatable bonds is 5. The van der Waals surface area contributed by atoms with E-state index in [9.17, 15) is 18.7 Å². The summed E-state index contributed by atoms with van der Waals surface area (Å²) in [6.45, 7) is 0. The van der Waals surface area contributed by atoms with E-state index in [0.717, 1.165) is 0 Å². The highest BCUT2D eigenvalue weighted by Crippen LogP contribution is 2.32. The minimum atomic E-state index is -0.790. The van der Waals surface area contributed by atoms with Gasteiger partial charge < -0.3 is 9.84 Å². The maximum absolute atomic E-state index is 13.6. The van der Waals surface area contributed by atoms with Crippen LogP contribution in [0.1, 0.15) is 29.8 Å². The molecule has 0 bridgehead atoms. The molecule has 0 aliphatic carbocycles. The smallest absolute Gasteiger partial charge is 0.309 e. The third-order valence-corrected chi connectivity index (χ3v) is 4.95. The Balaban J connectivity index is 1.89. The van der Waals surface area contributed by atoms with Gasteiger partial charge in [0.2, 0.25) is 5.82 Å². The molecule has 0 amide bonds. The lowest BCUT2D eigenvalue weighted by molar-refractivity contribution is -0.156. The molecule has 32 heavy (non-hydrogen) atoms. The third-order valence-electron chi connectivity index (χ3n) is 4.95. The number of aliphatic hydroxyl groups is 1. The summed E-state index contributed by atoms with van der Waals surface area (Å²) in [5, 5.41) is 22.2. The minimum Gasteiger partial charge on any atom is -0.458 e. The van der Waals surface area contributed by atoms with Crippen molar-refractivity contribution < 1.29 is 23.4 Å². The van der Waals surface area contributed by atoms with Gasteiger partial charge in [0.1, 0.15) is 17.7 Å². The van der Waals surface area contributed by atoms with E-state index in [1.54, 1.807) is 43.5 Å². The van der Waals surface area contributed by atoms with Crippen molar-refractivity contribution in [1.82, 2.24) is 20.2 Å². The second-order valence-corrected chi connectivity index (χ2v) is 7.39. The van der Waals surface area contributed by atoms with Crippen LogP contribution >= 0.6 is 0 Å². The van der Waals surface area contributed by atoms with Crippen LogP contribution in [-0.2, 0) is 16.6 Å². The van der Waals surface area contributed by atoms with E-state index in [1.807, 2.05) is 0 Å². The highest BCUT2D eigenvalue weighted by molar-refractivity contribution is 6.00. The number of hydrogen-bond acceptors (Lipinski definition) is 6. The number of cyclic esters (lactones) is 1. The Morgan fingerprint density at radius 2 is 1.69 bits per heavy atom. The standard InChI is InChI=1S/C23H20F2N4O3/c1-29-27-23(26-28-29)20(11-10-19-12-18(30)13-21(31)32-19)22(14-2-6-16(24)7-3-14)15-4-8-17(25)9-5-15/h2-11,18-19,30H,12-13H2,1H3/b11-10+/t18-,19+/m1/s1. The molecule has 2 aromatic carbocycles. The molecule has 9 heteroatoms. The lowest BCUT2D eigenvalue weighted by Gasteiger charge is -2.23. The Morgan fingerprint density at radius 3 is 2.19 bits per heavy atom. The van der Waals surface area contributed by atoms with Crippen molar-refractivity contribution in [2.45, 2.75) is 25.0 Å². The summed E-state index contributed by atoms with van der Waals surface area (Å²) in [5.74, 6) is -1.01. The van der Waals surface area contributed by atoms with Gasteiger partial charge in [-0.05, 0) is 46.7 Å². The van der Waals surface area contributed by atoms with Gasteiger partial charge in [0.25, 0.3) is 0 Å². The fourth-order valence-corrected chi connectivity index (χ4v) is 3.50. The zero-order chi connectivity index (χ0) is 22.7. The van der Waals surface area contributed by atoms with Gasteiger partial charge in [-0.2, -0.15) is 4.80 Å². The molecule has 1 fully saturated rings. The maximum Gasteiger partial charge on any atom is 0.309 e. The number of carbonyl (C=O) groups excluding carboxylic acids is 1. The molecule has 1 aliphatic rings. The Bertz CT molecular complexity index is 1120. The molecule has 2 atom stereocenters. The molecule has 0 spiro atoms. The van der Waals surface area contributed by atoms with Crippen LogP contribution in [0.25, 0.3) is 11.1 Å². The van der Waals surface area contributed by atoms with Gasteiger partial charge in [-0.3, -0.25) is 4.79 Å². The minimum absolute atomic E-state index is 0.0465. The zero-order valence-corrected chi connectivity index (χ0v) is 17.2. The van der Waals surface area contributed by atoms with Crippen LogP contribution in [0.3, 0.4) is 0 Å². The Hall–Kier alpha value is -3.72. The van der Waals surface area contributed by atoms with Crippen LogP contribution in [0.15, 0.2) is 60.7 Å². The number of allylic oxidation sites excluding steroid dienone is 2. The van der Waals surface area contributed by atoms with Crippen molar-refractivity contribution in [1.29, 1.82) is 0 Å². The first-order valence-electron chi connectivity index (χ1n) is 9.95. The third kappa shape index (κ3) is 4.94. The van der Waals surface area contributed by atoms with Crippen molar-refractivity contribution in [3.05, 3.63) is 89.3 Å². The second kappa shape index (κ2) is 9.19. The molecule has 0 saturated carbocycles. The zero-order valence-electron chi connectivity index (χ0n) is 17.2. The lowest BCUT2D eigenvalue weighted by Crippen LogP contribution is -2.31. The van der Waals surface area contributed by atoms with Gasteiger partial charge in [-0.15, -0.1) is 10.2 Å². The first-order chi connectivity index (χ1) is 15.4. The second-order valence-electron chi connectivity index (χ2n) is 7.39. The number of halogens is 2. The highest BCUT2D eigenvalue weighted by Gasteiger charge is 2.26. The molecule has 1 aromatic heterocycles. The molecule has 4 rings (SSSR count). The summed E-state index contributed by atoms with van der Waals surface area (Å²) in [5.41, 5.74) is 2.40. The number of aliphatic hydroxyl groups excluding tert-OH is 1. The lowest BCUT2D eigenvalue weighted by atomic mass is 9.91. The van der Waals surface area contributed by atoms with Crippen molar-refractivity contribution in [2.24, 2.45) is 7.05 Å². The Labute approximate surface area is 182 Å². The SMILES string of the molecule is Cn1nnc(C(/C=C/[C@H]2C[C@@H](O)CC(=O)O2)=C(c2ccc(F)cc2)c2ccc(F)cc2)n1. The van der Waals surface area contributed by atoms with Crippen LogP contribution in [0, 0.1) is 11.6 Å². The predicted molar refractivity (Wildman–Crippen MR) is 112 cm³/mol. The summed E-state index contributed by atoms with van der Waals surface area (Å²) < 4.78 is 32.5. The molecule has 164 valence electrons. The number of aromatic nitrogens is 4. The van der Waals surface area contributed by atoms with Crippen molar-refractivity contribution in [3.8, 4) is 0 Å². The van der Waals surface area contributed by atoms with Crippen LogP contribution in [0.4, 0.5) is 8.78 Å². The van der Waals surface area contributed by atoms with E-state index in [2.05, 4.69) is 15.4 Å². The molecular weight excluding hydrogens is 418 g/mol. The van der Waals surface area contributed by atoms with Crippen LogP contribution in [0.5, 0.6) is 0 Å². The molecule has 1 N–H and O–H groups in total. The molecule has 1 saturated heterocycles. The summed E-state index contributed by atoms with van der Waals surface area (Å²) >= 11 is 0. The van der Waals surface area contributed by atoms with Gasteiger partial charge in [0, 0.05) is 17.6 Å². The van der Waals surface area contributed by atoms with Crippen molar-refractivity contribution in [3.63, 3.8) is 0 Å². The largest absolute Gasteiger partial charge is 0.458 e. The summed E-state index contributed by atoms with van der Waals surface area (Å²) in [6, 6.07) is 11.7. The van der Waals surface area contributed by atoms with E-state index < -0.39 is 29.8 Å². The molecule has 0 radical (unpaired) electrons. The monoisotopic (exact) mass is 438 g/mol. The number of nitrogens with zero attached hydrogens (tertiary/aromatic N) is 4. The average Bonchev–Trinajstić information content (AvgIpc) is 3.18. The van der Waals surface area contributed by atoms with Crippen LogP contribution in [0.2, 0.25) is 0 Å². The number of esters is 1. The average molecular weight is 438 g/mol. The number of tetrazole rings is 1. The van der Waals surface area contributed by atoms with Crippen LogP contribution < -0.4 is 0 Å². The van der Waals surface area contributed by atoms with E-state index in [4.69, 9.17) is 4.74 Å². The number of benzene rings is 2. The molecule has 3 aromatic rings. The van der Waals surface area contributed by atoms with Gasteiger partial charge in [-0.25, -0.2) is 8.78 Å². The van der Waals surface area contributed by atoms with Crippen LogP contribution in [-0.4, -0.2) is 43.5 Å². The van der Waals surface area contributed by atoms with Gasteiger partial charge in [0.15, 0.2) is 0 Å². The normalized spacial score (nSPS) is 18.6. The Kier molecular flexibility index (Phi) is 6.18. The molecule has 7 nitrogen and oxygen atoms in total. The summed E-state index contributed by atoms with van der Waals surface area (Å²) in [6.07, 6.45) is 2.09. The fourth-order valence-electron chi connectivity index (χ4n) is 3.50. The number of ether oxygens (including phenoxy) is 1.